The van der Waals surface area contributed by atoms with Gasteiger partial charge in [-0.1, -0.05) is 42.5 Å². The molecule has 0 unspecified atom stereocenters. The molecule has 4 rings (SSSR count). The molecule has 0 atom stereocenters. The largest absolute Gasteiger partial charge is 0.419 e. The first-order valence-electron chi connectivity index (χ1n) is 9.93. The van der Waals surface area contributed by atoms with Crippen molar-refractivity contribution < 1.29 is 18.0 Å². The second-order valence-electron chi connectivity index (χ2n) is 7.65. The maximum absolute atomic E-state index is 13.6. The lowest BCUT2D eigenvalue weighted by Crippen LogP contribution is -2.29. The number of aryl methyl sites for hydroxylation is 2. The monoisotopic (exact) mass is 426 g/mol. The van der Waals surface area contributed by atoms with Crippen LogP contribution in [0.4, 0.5) is 24.8 Å². The zero-order valence-corrected chi connectivity index (χ0v) is 16.6. The number of benzene rings is 2. The van der Waals surface area contributed by atoms with Gasteiger partial charge in [0.2, 0.25) is 11.9 Å². The van der Waals surface area contributed by atoms with Gasteiger partial charge in [-0.2, -0.15) is 13.2 Å². The second-order valence-corrected chi connectivity index (χ2v) is 7.65. The lowest BCUT2D eigenvalue weighted by Gasteiger charge is -2.18. The molecule has 1 saturated carbocycles. The van der Waals surface area contributed by atoms with Gasteiger partial charge in [-0.15, -0.1) is 0 Å². The van der Waals surface area contributed by atoms with E-state index in [1.165, 1.54) is 0 Å². The highest BCUT2D eigenvalue weighted by molar-refractivity contribution is 5.90. The van der Waals surface area contributed by atoms with Crippen molar-refractivity contribution >= 4 is 17.5 Å². The number of para-hydroxylation sites is 1. The normalized spacial score (nSPS) is 14.8. The molecule has 1 aliphatic rings. The summed E-state index contributed by atoms with van der Waals surface area (Å²) in [6.07, 6.45) is -2.09. The molecule has 0 aliphatic heterocycles. The van der Waals surface area contributed by atoms with E-state index >= 15 is 0 Å². The minimum atomic E-state index is -4.56. The summed E-state index contributed by atoms with van der Waals surface area (Å²) in [5.41, 5.74) is 6.22. The van der Waals surface area contributed by atoms with E-state index in [2.05, 4.69) is 15.3 Å². The molecule has 1 heterocycles. The van der Waals surface area contributed by atoms with Gasteiger partial charge in [-0.3, -0.25) is 4.79 Å². The van der Waals surface area contributed by atoms with Crippen molar-refractivity contribution in [2.45, 2.75) is 37.3 Å². The highest BCUT2D eigenvalue weighted by Crippen LogP contribution is 2.49. The van der Waals surface area contributed by atoms with Crippen LogP contribution in [-0.2, 0) is 29.2 Å². The molecule has 0 bridgehead atoms. The molecular formula is C23H21F3N4O. The first-order valence-corrected chi connectivity index (χ1v) is 9.93. The molecule has 0 spiro atoms. The topological polar surface area (TPSA) is 80.9 Å². The smallest absolute Gasteiger partial charge is 0.369 e. The minimum Gasteiger partial charge on any atom is -0.369 e. The maximum atomic E-state index is 13.6. The van der Waals surface area contributed by atoms with Crippen LogP contribution in [0.25, 0.3) is 0 Å². The van der Waals surface area contributed by atoms with Crippen LogP contribution in [0.3, 0.4) is 0 Å². The summed E-state index contributed by atoms with van der Waals surface area (Å²) in [7, 11) is 0. The van der Waals surface area contributed by atoms with E-state index in [0.717, 1.165) is 17.3 Å². The van der Waals surface area contributed by atoms with Crippen LogP contribution in [0.1, 0.15) is 35.2 Å². The summed E-state index contributed by atoms with van der Waals surface area (Å²) in [5, 5.41) is 2.93. The average molecular weight is 426 g/mol. The van der Waals surface area contributed by atoms with Crippen molar-refractivity contribution in [3.63, 3.8) is 0 Å². The summed E-state index contributed by atoms with van der Waals surface area (Å²) in [4.78, 5) is 20.0. The number of alkyl halides is 3. The van der Waals surface area contributed by atoms with Crippen molar-refractivity contribution in [1.29, 1.82) is 0 Å². The highest BCUT2D eigenvalue weighted by atomic mass is 19.4. The maximum Gasteiger partial charge on any atom is 0.419 e. The van der Waals surface area contributed by atoms with E-state index in [1.54, 1.807) is 24.3 Å². The van der Waals surface area contributed by atoms with Gasteiger partial charge in [0, 0.05) is 11.9 Å². The summed E-state index contributed by atoms with van der Waals surface area (Å²) < 4.78 is 40.7. The number of aromatic nitrogens is 2. The van der Waals surface area contributed by atoms with Gasteiger partial charge in [-0.25, -0.2) is 9.97 Å². The molecule has 3 N–H and O–H groups in total. The van der Waals surface area contributed by atoms with Gasteiger partial charge in [0.1, 0.15) is 0 Å². The van der Waals surface area contributed by atoms with Gasteiger partial charge < -0.3 is 11.1 Å². The Balaban J connectivity index is 1.62. The Morgan fingerprint density at radius 2 is 1.71 bits per heavy atom. The van der Waals surface area contributed by atoms with Crippen LogP contribution in [0.2, 0.25) is 0 Å². The molecule has 8 heteroatoms. The van der Waals surface area contributed by atoms with E-state index in [0.29, 0.717) is 24.9 Å². The van der Waals surface area contributed by atoms with Crippen molar-refractivity contribution in [3.05, 3.63) is 83.2 Å². The Labute approximate surface area is 177 Å². The fraction of sp³-hybridized carbons (Fsp3) is 0.261. The van der Waals surface area contributed by atoms with Gasteiger partial charge >= 0.3 is 6.18 Å². The Kier molecular flexibility index (Phi) is 5.39. The zero-order chi connectivity index (χ0) is 22.1. The summed E-state index contributed by atoms with van der Waals surface area (Å²) in [5.74, 6) is -0.300. The van der Waals surface area contributed by atoms with Crippen LogP contribution < -0.4 is 11.1 Å². The number of carbonyl (C=O) groups is 1. The van der Waals surface area contributed by atoms with Gasteiger partial charge in [0.05, 0.1) is 16.7 Å². The van der Waals surface area contributed by atoms with E-state index < -0.39 is 23.1 Å². The number of carbonyl (C=O) groups excluding carboxylic acids is 1. The first kappa shape index (κ1) is 20.8. The van der Waals surface area contributed by atoms with E-state index in [1.807, 2.05) is 30.3 Å². The third-order valence-electron chi connectivity index (χ3n) is 5.59. The molecule has 3 aromatic rings. The summed E-state index contributed by atoms with van der Waals surface area (Å²) >= 11 is 0. The van der Waals surface area contributed by atoms with Crippen LogP contribution in [0, 0.1) is 0 Å². The van der Waals surface area contributed by atoms with Crippen molar-refractivity contribution in [2.24, 2.45) is 5.73 Å². The van der Waals surface area contributed by atoms with E-state index in [9.17, 15) is 18.0 Å². The summed E-state index contributed by atoms with van der Waals surface area (Å²) in [6, 6.07) is 16.3. The number of primary amides is 1. The fourth-order valence-electron chi connectivity index (χ4n) is 3.79. The molecule has 160 valence electrons. The Morgan fingerprint density at radius 1 is 1.03 bits per heavy atom. The van der Waals surface area contributed by atoms with Crippen LogP contribution in [-0.4, -0.2) is 15.9 Å². The van der Waals surface area contributed by atoms with Gasteiger partial charge in [0.25, 0.3) is 0 Å². The standard InChI is InChI=1S/C23H21F3N4O/c24-23(25,26)18-14-28-21(29-16-7-2-1-3-8-16)30-19(18)11-10-15-6-4-5-9-17(15)22(12-13-22)20(27)31/h1-9,14H,10-13H2,(H2,27,31)(H,28,29,30). The lowest BCUT2D eigenvalue weighted by atomic mass is 9.88. The lowest BCUT2D eigenvalue weighted by molar-refractivity contribution is -0.138. The number of anilines is 2. The molecule has 1 amide bonds. The Bertz CT molecular complexity index is 1100. The molecule has 0 saturated heterocycles. The van der Waals surface area contributed by atoms with Crippen molar-refractivity contribution in [2.75, 3.05) is 5.32 Å². The van der Waals surface area contributed by atoms with Crippen LogP contribution in [0.15, 0.2) is 60.8 Å². The molecule has 0 radical (unpaired) electrons. The Hall–Kier alpha value is -3.42. The summed E-state index contributed by atoms with van der Waals surface area (Å²) in [6.45, 7) is 0. The third kappa shape index (κ3) is 4.38. The number of halogens is 3. The number of nitrogens with zero attached hydrogens (tertiary/aromatic N) is 2. The highest BCUT2D eigenvalue weighted by Gasteiger charge is 2.50. The number of hydrogen-bond donors (Lipinski definition) is 2. The molecule has 31 heavy (non-hydrogen) atoms. The molecule has 1 aliphatic carbocycles. The molecule has 2 aromatic carbocycles. The minimum absolute atomic E-state index is 0.0483. The van der Waals surface area contributed by atoms with Gasteiger partial charge in [0.15, 0.2) is 0 Å². The average Bonchev–Trinajstić information content (AvgIpc) is 3.55. The van der Waals surface area contributed by atoms with Crippen molar-refractivity contribution in [3.8, 4) is 0 Å². The van der Waals surface area contributed by atoms with E-state index in [-0.39, 0.29) is 18.1 Å². The molecule has 1 fully saturated rings. The molecular weight excluding hydrogens is 405 g/mol. The number of amides is 1. The first-order chi connectivity index (χ1) is 14.8. The predicted molar refractivity (Wildman–Crippen MR) is 111 cm³/mol. The van der Waals surface area contributed by atoms with Crippen molar-refractivity contribution in [1.82, 2.24) is 9.97 Å². The number of nitrogens with one attached hydrogen (secondary N) is 1. The SMILES string of the molecule is NC(=O)C1(c2ccccc2CCc2nc(Nc3ccccc3)ncc2C(F)(F)F)CC1. The van der Waals surface area contributed by atoms with Crippen LogP contribution in [0.5, 0.6) is 0 Å². The number of nitrogens with two attached hydrogens (primary N) is 1. The van der Waals surface area contributed by atoms with Gasteiger partial charge in [-0.05, 0) is 48.9 Å². The molecule has 5 nitrogen and oxygen atoms in total. The third-order valence-corrected chi connectivity index (χ3v) is 5.59. The Morgan fingerprint density at radius 3 is 2.35 bits per heavy atom. The predicted octanol–water partition coefficient (Wildman–Crippen LogP) is 4.54. The van der Waals surface area contributed by atoms with Crippen LogP contribution >= 0.6 is 0 Å². The fourth-order valence-corrected chi connectivity index (χ4v) is 3.79. The number of rotatable bonds is 7. The quantitative estimate of drug-likeness (QED) is 0.581. The molecule has 1 aromatic heterocycles. The number of hydrogen-bond acceptors (Lipinski definition) is 4. The second kappa shape index (κ2) is 8.02. The zero-order valence-electron chi connectivity index (χ0n) is 16.6. The van der Waals surface area contributed by atoms with E-state index in [4.69, 9.17) is 5.73 Å².